The van der Waals surface area contributed by atoms with Crippen molar-refractivity contribution in [2.75, 3.05) is 31.1 Å². The smallest absolute Gasteiger partial charge is 0.352 e. The minimum atomic E-state index is -4.51. The standard InChI is InChI=1S/C19H20ClF3N4O2S/c1-12(28)25-15(16-3-2-8-30-16)10-17(29)26-4-6-27(7-5-26)18-14(20)9-13(11-24-18)19(21,22)23/h2-3,8-9,11,15H,4-7,10H2,1H3,(H,25,28). The Morgan fingerprint density at radius 2 is 2.00 bits per heavy atom. The largest absolute Gasteiger partial charge is 0.417 e. The maximum atomic E-state index is 12.8. The summed E-state index contributed by atoms with van der Waals surface area (Å²) in [4.78, 5) is 32.5. The lowest BCUT2D eigenvalue weighted by molar-refractivity contribution is -0.138. The van der Waals surface area contributed by atoms with Crippen LogP contribution in [-0.2, 0) is 15.8 Å². The topological polar surface area (TPSA) is 65.5 Å². The van der Waals surface area contributed by atoms with E-state index in [1.54, 1.807) is 9.80 Å². The van der Waals surface area contributed by atoms with Crippen LogP contribution < -0.4 is 10.2 Å². The van der Waals surface area contributed by atoms with E-state index in [4.69, 9.17) is 11.6 Å². The third-order valence-electron chi connectivity index (χ3n) is 4.72. The first kappa shape index (κ1) is 22.4. The number of amides is 2. The second kappa shape index (κ2) is 9.22. The summed E-state index contributed by atoms with van der Waals surface area (Å²) in [6, 6.07) is 4.20. The molecule has 3 heterocycles. The van der Waals surface area contributed by atoms with Gasteiger partial charge in [0.05, 0.1) is 23.0 Å². The van der Waals surface area contributed by atoms with Crippen molar-refractivity contribution in [2.45, 2.75) is 25.6 Å². The number of nitrogens with one attached hydrogen (secondary N) is 1. The number of hydrogen-bond acceptors (Lipinski definition) is 5. The van der Waals surface area contributed by atoms with Gasteiger partial charge in [0.15, 0.2) is 0 Å². The zero-order valence-corrected chi connectivity index (χ0v) is 17.7. The van der Waals surface area contributed by atoms with Gasteiger partial charge in [0, 0.05) is 44.2 Å². The van der Waals surface area contributed by atoms with Crippen molar-refractivity contribution in [1.82, 2.24) is 15.2 Å². The van der Waals surface area contributed by atoms with Crippen molar-refractivity contribution in [2.24, 2.45) is 0 Å². The average Bonchev–Trinajstić information content (AvgIpc) is 3.21. The summed E-state index contributed by atoms with van der Waals surface area (Å²) in [7, 11) is 0. The van der Waals surface area contributed by atoms with Crippen LogP contribution >= 0.6 is 22.9 Å². The van der Waals surface area contributed by atoms with Crippen molar-refractivity contribution >= 4 is 40.6 Å². The van der Waals surface area contributed by atoms with Crippen molar-refractivity contribution in [3.05, 3.63) is 45.2 Å². The first-order valence-electron chi connectivity index (χ1n) is 9.21. The van der Waals surface area contributed by atoms with Gasteiger partial charge in [0.25, 0.3) is 0 Å². The molecule has 1 fully saturated rings. The molecule has 2 aromatic heterocycles. The molecule has 1 aliphatic heterocycles. The molecule has 0 radical (unpaired) electrons. The number of aromatic nitrogens is 1. The molecule has 3 rings (SSSR count). The molecule has 11 heteroatoms. The predicted molar refractivity (Wildman–Crippen MR) is 109 cm³/mol. The molecule has 1 N–H and O–H groups in total. The Morgan fingerprint density at radius 1 is 1.30 bits per heavy atom. The molecule has 1 aliphatic rings. The van der Waals surface area contributed by atoms with Crippen LogP contribution in [0.3, 0.4) is 0 Å². The molecule has 30 heavy (non-hydrogen) atoms. The van der Waals surface area contributed by atoms with E-state index in [2.05, 4.69) is 10.3 Å². The third kappa shape index (κ3) is 5.42. The molecule has 2 aromatic rings. The van der Waals surface area contributed by atoms with Crippen molar-refractivity contribution in [3.8, 4) is 0 Å². The normalized spacial score (nSPS) is 15.8. The first-order valence-corrected chi connectivity index (χ1v) is 10.5. The molecule has 1 unspecified atom stereocenters. The number of halogens is 4. The van der Waals surface area contributed by atoms with Gasteiger partial charge in [-0.25, -0.2) is 4.98 Å². The van der Waals surface area contributed by atoms with Crippen molar-refractivity contribution in [1.29, 1.82) is 0 Å². The van der Waals surface area contributed by atoms with Crippen LogP contribution in [0.1, 0.15) is 29.8 Å². The van der Waals surface area contributed by atoms with E-state index in [0.29, 0.717) is 26.2 Å². The van der Waals surface area contributed by atoms with E-state index in [-0.39, 0.29) is 35.1 Å². The second-order valence-electron chi connectivity index (χ2n) is 6.87. The Bertz CT molecular complexity index is 900. The summed E-state index contributed by atoms with van der Waals surface area (Å²) in [6.07, 6.45) is -3.61. The summed E-state index contributed by atoms with van der Waals surface area (Å²) in [5.41, 5.74) is -0.900. The highest BCUT2D eigenvalue weighted by Gasteiger charge is 2.32. The quantitative estimate of drug-likeness (QED) is 0.738. The number of carbonyl (C=O) groups is 2. The highest BCUT2D eigenvalue weighted by molar-refractivity contribution is 7.10. The van der Waals surface area contributed by atoms with Crippen LogP contribution in [0.2, 0.25) is 5.02 Å². The van der Waals surface area contributed by atoms with Crippen LogP contribution in [-0.4, -0.2) is 47.9 Å². The van der Waals surface area contributed by atoms with E-state index >= 15 is 0 Å². The summed E-state index contributed by atoms with van der Waals surface area (Å²) < 4.78 is 38.4. The number of hydrogen-bond donors (Lipinski definition) is 1. The number of carbonyl (C=O) groups excluding carboxylic acids is 2. The van der Waals surface area contributed by atoms with Crippen molar-refractivity contribution < 1.29 is 22.8 Å². The van der Waals surface area contributed by atoms with Gasteiger partial charge in [-0.3, -0.25) is 9.59 Å². The SMILES string of the molecule is CC(=O)NC(CC(=O)N1CCN(c2ncc(C(F)(F)F)cc2Cl)CC1)c1cccs1. The molecule has 1 atom stereocenters. The van der Waals surface area contributed by atoms with Crippen LogP contribution in [0.25, 0.3) is 0 Å². The molecule has 6 nitrogen and oxygen atoms in total. The fourth-order valence-electron chi connectivity index (χ4n) is 3.25. The molecular weight excluding hydrogens is 441 g/mol. The van der Waals surface area contributed by atoms with Gasteiger partial charge in [-0.05, 0) is 17.5 Å². The Balaban J connectivity index is 1.61. The number of pyridine rings is 1. The van der Waals surface area contributed by atoms with Gasteiger partial charge in [-0.2, -0.15) is 13.2 Å². The Morgan fingerprint density at radius 3 is 2.53 bits per heavy atom. The highest BCUT2D eigenvalue weighted by atomic mass is 35.5. The monoisotopic (exact) mass is 460 g/mol. The van der Waals surface area contributed by atoms with E-state index in [1.165, 1.54) is 18.3 Å². The minimum Gasteiger partial charge on any atom is -0.352 e. The molecule has 2 amide bonds. The lowest BCUT2D eigenvalue weighted by Gasteiger charge is -2.36. The minimum absolute atomic E-state index is 0.0759. The number of thiophene rings is 1. The van der Waals surface area contributed by atoms with Crippen LogP contribution in [0, 0.1) is 0 Å². The molecule has 0 aliphatic carbocycles. The fourth-order valence-corrected chi connectivity index (χ4v) is 4.31. The van der Waals surface area contributed by atoms with Crippen LogP contribution in [0.5, 0.6) is 0 Å². The van der Waals surface area contributed by atoms with E-state index in [0.717, 1.165) is 17.1 Å². The van der Waals surface area contributed by atoms with Crippen LogP contribution in [0.15, 0.2) is 29.8 Å². The zero-order chi connectivity index (χ0) is 21.9. The summed E-state index contributed by atoms with van der Waals surface area (Å²) in [6.45, 7) is 2.97. The second-order valence-corrected chi connectivity index (χ2v) is 8.25. The van der Waals surface area contributed by atoms with Gasteiger partial charge >= 0.3 is 6.18 Å². The van der Waals surface area contributed by atoms with Crippen molar-refractivity contribution in [3.63, 3.8) is 0 Å². The van der Waals surface area contributed by atoms with Crippen LogP contribution in [0.4, 0.5) is 19.0 Å². The molecule has 0 spiro atoms. The van der Waals surface area contributed by atoms with E-state index in [9.17, 15) is 22.8 Å². The maximum Gasteiger partial charge on any atom is 0.417 e. The molecule has 162 valence electrons. The molecule has 0 saturated carbocycles. The molecule has 0 bridgehead atoms. The Kier molecular flexibility index (Phi) is 6.87. The highest BCUT2D eigenvalue weighted by Crippen LogP contribution is 2.33. The lowest BCUT2D eigenvalue weighted by Crippen LogP contribution is -2.49. The third-order valence-corrected chi connectivity index (χ3v) is 5.99. The zero-order valence-electron chi connectivity index (χ0n) is 16.1. The number of nitrogens with zero attached hydrogens (tertiary/aromatic N) is 3. The van der Waals surface area contributed by atoms with Gasteiger partial charge < -0.3 is 15.1 Å². The Hall–Kier alpha value is -2.33. The molecule has 0 aromatic carbocycles. The summed E-state index contributed by atoms with van der Waals surface area (Å²) in [5.74, 6) is -0.0474. The number of anilines is 1. The summed E-state index contributed by atoms with van der Waals surface area (Å²) >= 11 is 7.49. The van der Waals surface area contributed by atoms with E-state index < -0.39 is 11.7 Å². The van der Waals surface area contributed by atoms with Gasteiger partial charge in [0.1, 0.15) is 5.82 Å². The average molecular weight is 461 g/mol. The molecular formula is C19H20ClF3N4O2S. The number of alkyl halides is 3. The summed E-state index contributed by atoms with van der Waals surface area (Å²) in [5, 5.41) is 4.61. The first-order chi connectivity index (χ1) is 14.1. The lowest BCUT2D eigenvalue weighted by atomic mass is 10.1. The van der Waals surface area contributed by atoms with Gasteiger partial charge in [-0.1, -0.05) is 17.7 Å². The predicted octanol–water partition coefficient (Wildman–Crippen LogP) is 3.73. The molecule has 1 saturated heterocycles. The van der Waals surface area contributed by atoms with Gasteiger partial charge in [0.2, 0.25) is 11.8 Å². The van der Waals surface area contributed by atoms with E-state index in [1.807, 2.05) is 17.5 Å². The number of piperazine rings is 1. The number of rotatable bonds is 5. The Labute approximate surface area is 180 Å². The maximum absolute atomic E-state index is 12.8. The fraction of sp³-hybridized carbons (Fsp3) is 0.421. The van der Waals surface area contributed by atoms with Gasteiger partial charge in [-0.15, -0.1) is 11.3 Å².